The minimum absolute atomic E-state index is 0.422. The first-order valence-corrected chi connectivity index (χ1v) is 9.99. The van der Waals surface area contributed by atoms with Gasteiger partial charge < -0.3 is 9.94 Å². The molecule has 8 heteroatoms. The second kappa shape index (κ2) is 7.94. The van der Waals surface area contributed by atoms with E-state index in [4.69, 9.17) is 4.74 Å². The van der Waals surface area contributed by atoms with Crippen LogP contribution in [0.1, 0.15) is 11.1 Å². The van der Waals surface area contributed by atoms with Gasteiger partial charge in [0.2, 0.25) is 5.82 Å². The zero-order valence-electron chi connectivity index (χ0n) is 13.9. The zero-order valence-corrected chi connectivity index (χ0v) is 18.7. The van der Waals surface area contributed by atoms with Crippen LogP contribution in [0.2, 0.25) is 0 Å². The van der Waals surface area contributed by atoms with Crippen molar-refractivity contribution in [2.24, 2.45) is 0 Å². The molecule has 0 aliphatic carbocycles. The highest BCUT2D eigenvalue weighted by Crippen LogP contribution is 2.35. The number of halogens is 3. The first-order chi connectivity index (χ1) is 12.3. The van der Waals surface area contributed by atoms with E-state index in [0.717, 1.165) is 30.6 Å². The highest BCUT2D eigenvalue weighted by Gasteiger charge is 2.18. The molecule has 0 radical (unpaired) electrons. The van der Waals surface area contributed by atoms with Gasteiger partial charge in [0.15, 0.2) is 11.9 Å². The topological polar surface area (TPSA) is 58.3 Å². The number of nitrogens with zero attached hydrogens (tertiary/aromatic N) is 2. The summed E-state index contributed by atoms with van der Waals surface area (Å²) >= 11 is 10.3. The van der Waals surface area contributed by atoms with Gasteiger partial charge in [-0.3, -0.25) is 0 Å². The lowest BCUT2D eigenvalue weighted by atomic mass is 10.1. The molecule has 0 amide bonds. The number of nitrogens with one attached hydrogen (secondary N) is 1. The van der Waals surface area contributed by atoms with Gasteiger partial charge in [0.1, 0.15) is 10.2 Å². The van der Waals surface area contributed by atoms with Gasteiger partial charge in [0.05, 0.1) is 6.07 Å². The molecule has 0 spiro atoms. The Labute approximate surface area is 176 Å². The quantitative estimate of drug-likeness (QED) is 0.310. The van der Waals surface area contributed by atoms with Crippen LogP contribution in [0, 0.1) is 13.8 Å². The van der Waals surface area contributed by atoms with Gasteiger partial charge in [-0.25, -0.2) is 10.3 Å². The fourth-order valence-electron chi connectivity index (χ4n) is 2.42. The molecule has 0 unspecified atom stereocenters. The van der Waals surface area contributed by atoms with Crippen molar-refractivity contribution in [2.75, 3.05) is 5.32 Å². The maximum atomic E-state index is 10.2. The van der Waals surface area contributed by atoms with Crippen molar-refractivity contribution < 1.29 is 14.7 Å². The summed E-state index contributed by atoms with van der Waals surface area (Å²) in [6, 6.07) is 9.36. The SMILES string of the molecule is Cc1cc(Br)cc(C)c1Oc1cc(Nc2ccc(Br)cn2)[n+](O)cc1Br. The summed E-state index contributed by atoms with van der Waals surface area (Å²) in [6.45, 7) is 3.97. The van der Waals surface area contributed by atoms with Crippen LogP contribution in [0.4, 0.5) is 11.6 Å². The molecule has 0 atom stereocenters. The minimum Gasteiger partial charge on any atom is -0.455 e. The van der Waals surface area contributed by atoms with E-state index in [1.165, 1.54) is 6.20 Å². The van der Waals surface area contributed by atoms with Crippen LogP contribution in [0.25, 0.3) is 0 Å². The molecular weight excluding hydrogens is 530 g/mol. The van der Waals surface area contributed by atoms with Gasteiger partial charge in [0.25, 0.3) is 0 Å². The summed E-state index contributed by atoms with van der Waals surface area (Å²) < 4.78 is 9.59. The Hall–Kier alpha value is -1.64. The standard InChI is InChI=1S/C18H14Br3N3O2/c1-10-5-13(20)6-11(2)18(10)26-15-7-17(24(25)9-14(15)21)23-16-4-3-12(19)8-22-16/h3-9,25H,1-2H3/p+1. The molecule has 1 aromatic carbocycles. The Morgan fingerprint density at radius 1 is 1.04 bits per heavy atom. The predicted octanol–water partition coefficient (Wildman–Crippen LogP) is 6.05. The maximum absolute atomic E-state index is 10.2. The third-order valence-corrected chi connectivity index (χ3v) is 5.13. The molecular formula is C18H15Br3N3O2+. The van der Waals surface area contributed by atoms with E-state index >= 15 is 0 Å². The van der Waals surface area contributed by atoms with E-state index < -0.39 is 0 Å². The van der Waals surface area contributed by atoms with Crippen molar-refractivity contribution in [3.63, 3.8) is 0 Å². The molecule has 0 aliphatic heterocycles. The molecule has 0 bridgehead atoms. The first-order valence-electron chi connectivity index (χ1n) is 7.61. The van der Waals surface area contributed by atoms with E-state index in [9.17, 15) is 5.21 Å². The smallest absolute Gasteiger partial charge is 0.323 e. The van der Waals surface area contributed by atoms with Crippen molar-refractivity contribution in [3.8, 4) is 11.5 Å². The highest BCUT2D eigenvalue weighted by molar-refractivity contribution is 9.11. The Kier molecular flexibility index (Phi) is 5.84. The molecule has 5 nitrogen and oxygen atoms in total. The van der Waals surface area contributed by atoms with Gasteiger partial charge >= 0.3 is 5.82 Å². The fraction of sp³-hybridized carbons (Fsp3) is 0.111. The van der Waals surface area contributed by atoms with Crippen molar-refractivity contribution in [1.29, 1.82) is 0 Å². The van der Waals surface area contributed by atoms with Gasteiger partial charge in [0, 0.05) is 21.2 Å². The Balaban J connectivity index is 1.94. The van der Waals surface area contributed by atoms with Crippen molar-refractivity contribution in [2.45, 2.75) is 13.8 Å². The predicted molar refractivity (Wildman–Crippen MR) is 110 cm³/mol. The first kappa shape index (κ1) is 19.1. The van der Waals surface area contributed by atoms with Crippen LogP contribution in [0.3, 0.4) is 0 Å². The molecule has 2 heterocycles. The summed E-state index contributed by atoms with van der Waals surface area (Å²) in [5.74, 6) is 2.37. The lowest BCUT2D eigenvalue weighted by Crippen LogP contribution is -2.33. The zero-order chi connectivity index (χ0) is 18.8. The molecule has 3 aromatic rings. The largest absolute Gasteiger partial charge is 0.455 e. The van der Waals surface area contributed by atoms with Gasteiger partial charge in [-0.1, -0.05) is 20.7 Å². The normalized spacial score (nSPS) is 10.7. The van der Waals surface area contributed by atoms with Crippen LogP contribution in [0.15, 0.2) is 56.1 Å². The number of hydrogen-bond donors (Lipinski definition) is 2. The van der Waals surface area contributed by atoms with Gasteiger partial charge in [-0.15, -0.1) is 0 Å². The summed E-state index contributed by atoms with van der Waals surface area (Å²) in [4.78, 5) is 4.25. The van der Waals surface area contributed by atoms with E-state index in [2.05, 4.69) is 58.1 Å². The monoisotopic (exact) mass is 542 g/mol. The molecule has 2 N–H and O–H groups in total. The van der Waals surface area contributed by atoms with Crippen LogP contribution in [0.5, 0.6) is 11.5 Å². The number of anilines is 2. The molecule has 3 rings (SSSR count). The third kappa shape index (κ3) is 4.36. The summed E-state index contributed by atoms with van der Waals surface area (Å²) in [7, 11) is 0. The molecule has 134 valence electrons. The summed E-state index contributed by atoms with van der Waals surface area (Å²) in [5, 5.41) is 13.2. The molecule has 0 aliphatic rings. The van der Waals surface area contributed by atoms with Crippen LogP contribution in [-0.2, 0) is 0 Å². The Morgan fingerprint density at radius 2 is 1.73 bits per heavy atom. The van der Waals surface area contributed by atoms with Crippen molar-refractivity contribution in [3.05, 3.63) is 67.3 Å². The molecule has 26 heavy (non-hydrogen) atoms. The van der Waals surface area contributed by atoms with Crippen molar-refractivity contribution >= 4 is 59.4 Å². The molecule has 0 fully saturated rings. The summed E-state index contributed by atoms with van der Waals surface area (Å²) in [5.41, 5.74) is 2.02. The average Bonchev–Trinajstić information content (AvgIpc) is 2.56. The molecule has 0 saturated carbocycles. The number of benzene rings is 1. The highest BCUT2D eigenvalue weighted by atomic mass is 79.9. The summed E-state index contributed by atoms with van der Waals surface area (Å²) in [6.07, 6.45) is 3.19. The van der Waals surface area contributed by atoms with E-state index in [1.54, 1.807) is 18.3 Å². The number of rotatable bonds is 4. The lowest BCUT2D eigenvalue weighted by Gasteiger charge is -2.13. The fourth-order valence-corrected chi connectivity index (χ4v) is 3.73. The van der Waals surface area contributed by atoms with Crippen LogP contribution < -0.4 is 14.8 Å². The minimum atomic E-state index is 0.422. The van der Waals surface area contributed by atoms with Gasteiger partial charge in [-0.05, 0) is 75.0 Å². The van der Waals surface area contributed by atoms with E-state index in [0.29, 0.717) is 21.9 Å². The van der Waals surface area contributed by atoms with Crippen molar-refractivity contribution in [1.82, 2.24) is 4.98 Å². The number of hydrogen-bond acceptors (Lipinski definition) is 4. The van der Waals surface area contributed by atoms with Crippen LogP contribution in [-0.4, -0.2) is 10.2 Å². The molecule has 2 aromatic heterocycles. The van der Waals surface area contributed by atoms with Crippen LogP contribution >= 0.6 is 47.8 Å². The maximum Gasteiger partial charge on any atom is 0.323 e. The number of pyridine rings is 2. The van der Waals surface area contributed by atoms with E-state index in [1.807, 2.05) is 32.0 Å². The second-order valence-corrected chi connectivity index (χ2v) is 8.36. The Morgan fingerprint density at radius 3 is 2.35 bits per heavy atom. The second-order valence-electron chi connectivity index (χ2n) is 5.67. The Bertz CT molecular complexity index is 940. The number of aryl methyl sites for hydroxylation is 2. The number of ether oxygens (including phenoxy) is 1. The van der Waals surface area contributed by atoms with Gasteiger partial charge in [-0.2, -0.15) is 0 Å². The lowest BCUT2D eigenvalue weighted by molar-refractivity contribution is -0.893. The van der Waals surface area contributed by atoms with E-state index in [-0.39, 0.29) is 0 Å². The average molecular weight is 545 g/mol. The third-order valence-electron chi connectivity index (χ3n) is 3.61. The molecule has 0 saturated heterocycles. The number of aromatic nitrogens is 2.